The lowest BCUT2D eigenvalue weighted by Gasteiger charge is -2.39. The SMILES string of the molecule is CN(C)C(=S)N(CCCC(=O)O)N(CCCC(=O)O)C(N)=S. The number of hydrazine groups is 1. The smallest absolute Gasteiger partial charge is 0.303 e. The van der Waals surface area contributed by atoms with Gasteiger partial charge in [-0.3, -0.25) is 19.6 Å². The summed E-state index contributed by atoms with van der Waals surface area (Å²) in [5.74, 6) is -1.81. The van der Waals surface area contributed by atoms with Gasteiger partial charge >= 0.3 is 11.9 Å². The average molecular weight is 350 g/mol. The summed E-state index contributed by atoms with van der Waals surface area (Å²) < 4.78 is 0. The fraction of sp³-hybridized carbons (Fsp3) is 0.667. The number of rotatable bonds is 8. The summed E-state index contributed by atoms with van der Waals surface area (Å²) in [6.07, 6.45) is 0.684. The number of hydrogen-bond donors (Lipinski definition) is 3. The molecular weight excluding hydrogens is 328 g/mol. The molecule has 0 saturated carbocycles. The monoisotopic (exact) mass is 350 g/mol. The third-order valence-corrected chi connectivity index (χ3v) is 3.46. The van der Waals surface area contributed by atoms with Crippen LogP contribution in [-0.2, 0) is 9.59 Å². The molecule has 0 bridgehead atoms. The summed E-state index contributed by atoms with van der Waals surface area (Å²) in [7, 11) is 3.50. The predicted octanol–water partition coefficient (Wildman–Crippen LogP) is 0.325. The van der Waals surface area contributed by atoms with Gasteiger partial charge in [-0.1, -0.05) is 0 Å². The molecule has 126 valence electrons. The number of thiocarbonyl (C=S) groups is 2. The van der Waals surface area contributed by atoms with Gasteiger partial charge in [0, 0.05) is 40.0 Å². The van der Waals surface area contributed by atoms with Gasteiger partial charge in [0.15, 0.2) is 10.2 Å². The van der Waals surface area contributed by atoms with E-state index in [1.807, 2.05) is 0 Å². The van der Waals surface area contributed by atoms with E-state index in [0.29, 0.717) is 31.0 Å². The van der Waals surface area contributed by atoms with E-state index in [9.17, 15) is 9.59 Å². The number of hydrogen-bond acceptors (Lipinski definition) is 4. The molecule has 8 nitrogen and oxygen atoms in total. The van der Waals surface area contributed by atoms with E-state index in [4.69, 9.17) is 40.4 Å². The third kappa shape index (κ3) is 7.93. The maximum Gasteiger partial charge on any atom is 0.303 e. The van der Waals surface area contributed by atoms with Gasteiger partial charge < -0.3 is 20.8 Å². The third-order valence-electron chi connectivity index (χ3n) is 2.67. The fourth-order valence-electron chi connectivity index (χ4n) is 1.66. The van der Waals surface area contributed by atoms with E-state index >= 15 is 0 Å². The van der Waals surface area contributed by atoms with Crippen molar-refractivity contribution in [3.63, 3.8) is 0 Å². The van der Waals surface area contributed by atoms with Gasteiger partial charge in [0.25, 0.3) is 0 Å². The van der Waals surface area contributed by atoms with Crippen molar-refractivity contribution in [1.82, 2.24) is 14.9 Å². The summed E-state index contributed by atoms with van der Waals surface area (Å²) in [6, 6.07) is 0. The lowest BCUT2D eigenvalue weighted by atomic mass is 10.3. The molecule has 0 radical (unpaired) electrons. The summed E-state index contributed by atoms with van der Waals surface area (Å²) >= 11 is 10.3. The summed E-state index contributed by atoms with van der Waals surface area (Å²) in [4.78, 5) is 22.9. The maximum atomic E-state index is 10.6. The molecule has 0 spiro atoms. The van der Waals surface area contributed by atoms with Crippen LogP contribution in [0.4, 0.5) is 0 Å². The van der Waals surface area contributed by atoms with Crippen LogP contribution in [0, 0.1) is 0 Å². The molecule has 0 heterocycles. The average Bonchev–Trinajstić information content (AvgIpc) is 2.38. The Kier molecular flexibility index (Phi) is 9.34. The molecule has 0 unspecified atom stereocenters. The van der Waals surface area contributed by atoms with Crippen LogP contribution in [0.15, 0.2) is 0 Å². The van der Waals surface area contributed by atoms with Crippen LogP contribution in [0.1, 0.15) is 25.7 Å². The molecule has 0 aromatic carbocycles. The van der Waals surface area contributed by atoms with Crippen molar-refractivity contribution >= 4 is 46.6 Å². The van der Waals surface area contributed by atoms with Gasteiger partial charge in [-0.25, -0.2) is 0 Å². The number of nitrogens with two attached hydrogens (primary N) is 1. The Bertz CT molecular complexity index is 431. The van der Waals surface area contributed by atoms with Crippen molar-refractivity contribution in [3.8, 4) is 0 Å². The van der Waals surface area contributed by atoms with Crippen LogP contribution in [0.3, 0.4) is 0 Å². The van der Waals surface area contributed by atoms with Crippen molar-refractivity contribution in [1.29, 1.82) is 0 Å². The highest BCUT2D eigenvalue weighted by Gasteiger charge is 2.21. The van der Waals surface area contributed by atoms with Crippen LogP contribution in [0.25, 0.3) is 0 Å². The Morgan fingerprint density at radius 1 is 0.955 bits per heavy atom. The van der Waals surface area contributed by atoms with Gasteiger partial charge in [-0.2, -0.15) is 0 Å². The number of carboxylic acids is 2. The fourth-order valence-corrected chi connectivity index (χ4v) is 2.04. The minimum atomic E-state index is -0.907. The zero-order valence-corrected chi connectivity index (χ0v) is 14.3. The number of carbonyl (C=O) groups is 2. The van der Waals surface area contributed by atoms with E-state index in [0.717, 1.165) is 0 Å². The molecule has 4 N–H and O–H groups in total. The second-order valence-corrected chi connectivity index (χ2v) is 5.54. The number of aliphatic carboxylic acids is 2. The first-order valence-electron chi connectivity index (χ1n) is 6.66. The molecule has 0 aromatic heterocycles. The normalized spacial score (nSPS) is 9.91. The lowest BCUT2D eigenvalue weighted by Crippen LogP contribution is -2.55. The molecule has 0 fully saturated rings. The molecule has 10 heteroatoms. The van der Waals surface area contributed by atoms with Crippen molar-refractivity contribution in [2.75, 3.05) is 27.2 Å². The zero-order valence-electron chi connectivity index (χ0n) is 12.7. The van der Waals surface area contributed by atoms with Crippen LogP contribution < -0.4 is 5.73 Å². The van der Waals surface area contributed by atoms with E-state index < -0.39 is 11.9 Å². The molecule has 0 amide bonds. The Hall–Kier alpha value is -1.68. The molecule has 0 aliphatic carbocycles. The Labute approximate surface area is 140 Å². The Balaban J connectivity index is 4.94. The van der Waals surface area contributed by atoms with Gasteiger partial charge in [-0.15, -0.1) is 0 Å². The molecule has 0 aliphatic rings. The molecular formula is C12H22N4O4S2. The molecule has 0 aliphatic heterocycles. The summed E-state index contributed by atoms with van der Waals surface area (Å²) in [5.41, 5.74) is 5.70. The van der Waals surface area contributed by atoms with Gasteiger partial charge in [0.2, 0.25) is 0 Å². The topological polar surface area (TPSA) is 110 Å². The molecule has 0 aromatic rings. The highest BCUT2D eigenvalue weighted by molar-refractivity contribution is 7.80. The first kappa shape index (κ1) is 20.3. The number of nitrogens with zero attached hydrogens (tertiary/aromatic N) is 3. The van der Waals surface area contributed by atoms with E-state index in [1.165, 1.54) is 5.01 Å². The second-order valence-electron chi connectivity index (χ2n) is 4.76. The quantitative estimate of drug-likeness (QED) is 0.418. The summed E-state index contributed by atoms with van der Waals surface area (Å²) in [6.45, 7) is 0.621. The van der Waals surface area contributed by atoms with Crippen molar-refractivity contribution in [2.45, 2.75) is 25.7 Å². The van der Waals surface area contributed by atoms with Crippen LogP contribution >= 0.6 is 24.4 Å². The second kappa shape index (κ2) is 10.1. The largest absolute Gasteiger partial charge is 0.481 e. The minimum Gasteiger partial charge on any atom is -0.481 e. The highest BCUT2D eigenvalue weighted by Crippen LogP contribution is 2.08. The van der Waals surface area contributed by atoms with Crippen molar-refractivity contribution in [3.05, 3.63) is 0 Å². The van der Waals surface area contributed by atoms with Gasteiger partial charge in [0.1, 0.15) is 0 Å². The van der Waals surface area contributed by atoms with E-state index in [-0.39, 0.29) is 18.0 Å². The van der Waals surface area contributed by atoms with Crippen molar-refractivity contribution in [2.24, 2.45) is 5.73 Å². The van der Waals surface area contributed by atoms with E-state index in [2.05, 4.69) is 0 Å². The van der Waals surface area contributed by atoms with Gasteiger partial charge in [-0.05, 0) is 37.3 Å². The molecule has 0 saturated heterocycles. The van der Waals surface area contributed by atoms with Gasteiger partial charge in [0.05, 0.1) is 0 Å². The van der Waals surface area contributed by atoms with E-state index in [1.54, 1.807) is 24.0 Å². The summed E-state index contributed by atoms with van der Waals surface area (Å²) in [5, 5.41) is 21.1. The van der Waals surface area contributed by atoms with Crippen molar-refractivity contribution < 1.29 is 19.8 Å². The minimum absolute atomic E-state index is 0.00710. The molecule has 0 rings (SSSR count). The predicted molar refractivity (Wildman–Crippen MR) is 90.2 cm³/mol. The van der Waals surface area contributed by atoms with Crippen LogP contribution in [0.2, 0.25) is 0 Å². The van der Waals surface area contributed by atoms with Crippen LogP contribution in [-0.4, -0.2) is 74.5 Å². The molecule has 0 atom stereocenters. The Morgan fingerprint density at radius 2 is 1.36 bits per heavy atom. The Morgan fingerprint density at radius 3 is 1.68 bits per heavy atom. The van der Waals surface area contributed by atoms with Crippen LogP contribution in [0.5, 0.6) is 0 Å². The first-order chi connectivity index (χ1) is 10.2. The zero-order chi connectivity index (χ0) is 17.3. The number of carboxylic acid groups (broad SMARTS) is 2. The molecule has 22 heavy (non-hydrogen) atoms. The lowest BCUT2D eigenvalue weighted by molar-refractivity contribution is -0.138. The maximum absolute atomic E-state index is 10.6. The standard InChI is InChI=1S/C12H22N4O4S2/c1-14(2)12(22)16(8-4-6-10(19)20)15(11(13)21)7-3-5-9(17)18/h3-8H2,1-2H3,(H2,13,21)(H,17,18)(H,19,20). The first-order valence-corrected chi connectivity index (χ1v) is 7.47. The highest BCUT2D eigenvalue weighted by atomic mass is 32.1.